The Morgan fingerprint density at radius 2 is 2.25 bits per heavy atom. The molecule has 2 aromatic rings. The third kappa shape index (κ3) is 3.91. The fraction of sp³-hybridized carbons (Fsp3) is 0.462. The number of hydrogen-bond acceptors (Lipinski definition) is 5. The van der Waals surface area contributed by atoms with E-state index in [0.29, 0.717) is 25.3 Å². The lowest BCUT2D eigenvalue weighted by molar-refractivity contribution is 0.539. The Kier molecular flexibility index (Phi) is 4.95. The minimum absolute atomic E-state index is 0.158. The maximum absolute atomic E-state index is 11.5. The third-order valence-electron chi connectivity index (χ3n) is 2.78. The van der Waals surface area contributed by atoms with Gasteiger partial charge in [0, 0.05) is 13.0 Å². The average Bonchev–Trinajstić information content (AvgIpc) is 2.99. The van der Waals surface area contributed by atoms with Crippen LogP contribution in [0.3, 0.4) is 0 Å². The highest BCUT2D eigenvalue weighted by Gasteiger charge is 2.13. The maximum atomic E-state index is 11.5. The molecule has 0 aliphatic carbocycles. The molecule has 0 saturated heterocycles. The van der Waals surface area contributed by atoms with Crippen molar-refractivity contribution in [3.05, 3.63) is 29.0 Å². The summed E-state index contributed by atoms with van der Waals surface area (Å²) in [6.07, 6.45) is 1.14. The molecule has 0 amide bonds. The zero-order chi connectivity index (χ0) is 14.6. The van der Waals surface area contributed by atoms with E-state index in [2.05, 4.69) is 9.71 Å². The third-order valence-corrected chi connectivity index (χ3v) is 5.23. The Balaban J connectivity index is 1.97. The summed E-state index contributed by atoms with van der Waals surface area (Å²) in [5, 5.41) is 1.97. The number of rotatable bonds is 7. The normalized spacial score (nSPS) is 11.9. The number of nitrogens with zero attached hydrogens (tertiary/aromatic N) is 1. The van der Waals surface area contributed by atoms with E-state index in [1.165, 1.54) is 0 Å². The van der Waals surface area contributed by atoms with Crippen molar-refractivity contribution in [1.29, 1.82) is 0 Å². The molecule has 0 spiro atoms. The number of aromatic nitrogens is 1. The molecule has 0 fully saturated rings. The second-order valence-electron chi connectivity index (χ2n) is 4.46. The maximum Gasteiger partial charge on any atom is 0.236 e. The summed E-state index contributed by atoms with van der Waals surface area (Å²) in [6, 6.07) is 3.89. The van der Waals surface area contributed by atoms with Gasteiger partial charge in [0.25, 0.3) is 0 Å². The number of sulfonamides is 1. The Morgan fingerprint density at radius 1 is 1.45 bits per heavy atom. The standard InChI is InChI=1S/C13H18N2O3S2/c1-3-9-20(16,17)14-7-6-11-10(2)18-13(15-11)12-5-4-8-19-12/h4-5,8,14H,3,6-7,9H2,1-2H3. The van der Waals surface area contributed by atoms with Crippen molar-refractivity contribution < 1.29 is 12.8 Å². The predicted octanol–water partition coefficient (Wildman–Crippen LogP) is 2.58. The van der Waals surface area contributed by atoms with E-state index in [1.54, 1.807) is 11.3 Å². The second-order valence-corrected chi connectivity index (χ2v) is 7.34. The molecule has 1 N–H and O–H groups in total. The molecule has 0 aliphatic rings. The molecule has 110 valence electrons. The van der Waals surface area contributed by atoms with Crippen LogP contribution in [-0.2, 0) is 16.4 Å². The van der Waals surface area contributed by atoms with E-state index in [-0.39, 0.29) is 5.75 Å². The molecule has 5 nitrogen and oxygen atoms in total. The van der Waals surface area contributed by atoms with Crippen LogP contribution in [-0.4, -0.2) is 25.7 Å². The molecule has 0 radical (unpaired) electrons. The van der Waals surface area contributed by atoms with Gasteiger partial charge in [-0.15, -0.1) is 11.3 Å². The first-order chi connectivity index (χ1) is 9.52. The summed E-state index contributed by atoms with van der Waals surface area (Å²) in [5.74, 6) is 1.50. The van der Waals surface area contributed by atoms with Gasteiger partial charge in [-0.05, 0) is 24.8 Å². The quantitative estimate of drug-likeness (QED) is 0.852. The van der Waals surface area contributed by atoms with Crippen LogP contribution in [0.5, 0.6) is 0 Å². The van der Waals surface area contributed by atoms with Crippen molar-refractivity contribution in [1.82, 2.24) is 9.71 Å². The highest BCUT2D eigenvalue weighted by molar-refractivity contribution is 7.89. The zero-order valence-electron chi connectivity index (χ0n) is 11.5. The van der Waals surface area contributed by atoms with E-state index in [1.807, 2.05) is 31.4 Å². The largest absolute Gasteiger partial charge is 0.440 e. The van der Waals surface area contributed by atoms with Crippen molar-refractivity contribution in [2.24, 2.45) is 0 Å². The molecule has 2 rings (SSSR count). The molecule has 20 heavy (non-hydrogen) atoms. The van der Waals surface area contributed by atoms with E-state index >= 15 is 0 Å². The molecule has 2 heterocycles. The number of hydrogen-bond donors (Lipinski definition) is 1. The monoisotopic (exact) mass is 314 g/mol. The molecule has 0 unspecified atom stereocenters. The molecular formula is C13H18N2O3S2. The van der Waals surface area contributed by atoms with Gasteiger partial charge < -0.3 is 4.42 Å². The van der Waals surface area contributed by atoms with Crippen LogP contribution in [0.15, 0.2) is 21.9 Å². The lowest BCUT2D eigenvalue weighted by atomic mass is 10.3. The van der Waals surface area contributed by atoms with Gasteiger partial charge in [0.15, 0.2) is 0 Å². The van der Waals surface area contributed by atoms with Gasteiger partial charge in [-0.3, -0.25) is 0 Å². The van der Waals surface area contributed by atoms with E-state index in [9.17, 15) is 8.42 Å². The molecule has 0 aliphatic heterocycles. The summed E-state index contributed by atoms with van der Waals surface area (Å²) >= 11 is 1.56. The number of thiophene rings is 1. The van der Waals surface area contributed by atoms with Gasteiger partial charge >= 0.3 is 0 Å². The smallest absolute Gasteiger partial charge is 0.236 e. The summed E-state index contributed by atoms with van der Waals surface area (Å²) in [7, 11) is -3.16. The van der Waals surface area contributed by atoms with Crippen LogP contribution in [0.4, 0.5) is 0 Å². The fourth-order valence-corrected chi connectivity index (χ4v) is 3.58. The van der Waals surface area contributed by atoms with Crippen LogP contribution in [0.1, 0.15) is 24.8 Å². The fourth-order valence-electron chi connectivity index (χ4n) is 1.83. The molecule has 2 aromatic heterocycles. The van der Waals surface area contributed by atoms with Crippen LogP contribution in [0.25, 0.3) is 10.8 Å². The molecule has 0 saturated carbocycles. The number of oxazole rings is 1. The molecule has 7 heteroatoms. The molecular weight excluding hydrogens is 296 g/mol. The summed E-state index contributed by atoms with van der Waals surface area (Å²) in [6.45, 7) is 4.04. The molecule has 0 atom stereocenters. The Labute approximate surface area is 123 Å². The van der Waals surface area contributed by atoms with Crippen LogP contribution in [0, 0.1) is 6.92 Å². The van der Waals surface area contributed by atoms with Crippen molar-refractivity contribution in [3.8, 4) is 10.8 Å². The van der Waals surface area contributed by atoms with E-state index in [4.69, 9.17) is 4.42 Å². The summed E-state index contributed by atoms with van der Waals surface area (Å²) in [5.41, 5.74) is 0.799. The molecule has 0 bridgehead atoms. The zero-order valence-corrected chi connectivity index (χ0v) is 13.2. The van der Waals surface area contributed by atoms with Gasteiger partial charge in [-0.25, -0.2) is 18.1 Å². The van der Waals surface area contributed by atoms with Crippen LogP contribution >= 0.6 is 11.3 Å². The number of nitrogens with one attached hydrogen (secondary N) is 1. The lowest BCUT2D eigenvalue weighted by Gasteiger charge is -2.03. The van der Waals surface area contributed by atoms with E-state index < -0.39 is 10.0 Å². The first-order valence-corrected chi connectivity index (χ1v) is 9.02. The average molecular weight is 314 g/mol. The highest BCUT2D eigenvalue weighted by atomic mass is 32.2. The molecule has 0 aromatic carbocycles. The first kappa shape index (κ1) is 15.2. The van der Waals surface area contributed by atoms with Crippen molar-refractivity contribution in [2.75, 3.05) is 12.3 Å². The number of aryl methyl sites for hydroxylation is 1. The van der Waals surface area contributed by atoms with E-state index in [0.717, 1.165) is 16.3 Å². The Hall–Kier alpha value is -1.18. The Morgan fingerprint density at radius 3 is 2.90 bits per heavy atom. The Bertz CT molecular complexity index is 645. The van der Waals surface area contributed by atoms with Gasteiger partial charge in [0.2, 0.25) is 15.9 Å². The topological polar surface area (TPSA) is 72.2 Å². The van der Waals surface area contributed by atoms with Gasteiger partial charge in [-0.2, -0.15) is 0 Å². The van der Waals surface area contributed by atoms with Gasteiger partial charge in [0.1, 0.15) is 5.76 Å². The SMILES string of the molecule is CCCS(=O)(=O)NCCc1nc(-c2cccs2)oc1C. The lowest BCUT2D eigenvalue weighted by Crippen LogP contribution is -2.28. The minimum Gasteiger partial charge on any atom is -0.440 e. The summed E-state index contributed by atoms with van der Waals surface area (Å²) < 4.78 is 31.3. The van der Waals surface area contributed by atoms with Gasteiger partial charge in [-0.1, -0.05) is 13.0 Å². The van der Waals surface area contributed by atoms with Crippen molar-refractivity contribution >= 4 is 21.4 Å². The highest BCUT2D eigenvalue weighted by Crippen LogP contribution is 2.25. The van der Waals surface area contributed by atoms with Crippen LogP contribution in [0.2, 0.25) is 0 Å². The second kappa shape index (κ2) is 6.51. The predicted molar refractivity (Wildman–Crippen MR) is 80.3 cm³/mol. The minimum atomic E-state index is -3.16. The first-order valence-electron chi connectivity index (χ1n) is 6.49. The van der Waals surface area contributed by atoms with Crippen molar-refractivity contribution in [2.45, 2.75) is 26.7 Å². The van der Waals surface area contributed by atoms with Crippen molar-refractivity contribution in [3.63, 3.8) is 0 Å². The van der Waals surface area contributed by atoms with Crippen LogP contribution < -0.4 is 4.72 Å². The van der Waals surface area contributed by atoms with Gasteiger partial charge in [0.05, 0.1) is 16.3 Å². The summed E-state index contributed by atoms with van der Waals surface area (Å²) in [4.78, 5) is 5.40.